The van der Waals surface area contributed by atoms with Gasteiger partial charge in [-0.25, -0.2) is 4.79 Å². The number of nitrogens with one attached hydrogen (secondary N) is 1. The van der Waals surface area contributed by atoms with Gasteiger partial charge in [0.15, 0.2) is 0 Å². The van der Waals surface area contributed by atoms with Gasteiger partial charge in [-0.05, 0) is 50.8 Å². The topological polar surface area (TPSA) is 58.6 Å². The average molecular weight is 353 g/mol. The molecule has 1 fully saturated rings. The van der Waals surface area contributed by atoms with Gasteiger partial charge >= 0.3 is 5.97 Å². The Morgan fingerprint density at radius 2 is 2.04 bits per heavy atom. The first-order chi connectivity index (χ1) is 11.5. The van der Waals surface area contributed by atoms with E-state index in [1.165, 1.54) is 0 Å². The quantitative estimate of drug-likeness (QED) is 0.800. The lowest BCUT2D eigenvalue weighted by Crippen LogP contribution is -2.51. The summed E-state index contributed by atoms with van der Waals surface area (Å²) in [7, 11) is 0. The number of piperidine rings is 1. The molecule has 1 saturated heterocycles. The molecule has 0 spiro atoms. The number of nitrogens with zero attached hydrogens (tertiary/aromatic N) is 1. The Balaban J connectivity index is 1.92. The van der Waals surface area contributed by atoms with Crippen molar-refractivity contribution in [3.8, 4) is 0 Å². The SMILES string of the molecule is CCOC(=O)C1CCCCN1C(=O)CNC(C)c1ccc(Cl)cc1. The zero-order chi connectivity index (χ0) is 17.5. The summed E-state index contributed by atoms with van der Waals surface area (Å²) in [4.78, 5) is 26.3. The number of likely N-dealkylation sites (tertiary alicyclic amines) is 1. The van der Waals surface area contributed by atoms with Crippen LogP contribution in [-0.2, 0) is 14.3 Å². The Bertz CT molecular complexity index is 562. The van der Waals surface area contributed by atoms with Gasteiger partial charge in [0.25, 0.3) is 0 Å². The minimum atomic E-state index is -0.446. The highest BCUT2D eigenvalue weighted by atomic mass is 35.5. The maximum atomic E-state index is 12.5. The molecule has 1 N–H and O–H groups in total. The van der Waals surface area contributed by atoms with Crippen LogP contribution in [0.2, 0.25) is 5.02 Å². The van der Waals surface area contributed by atoms with Gasteiger partial charge in [0.2, 0.25) is 5.91 Å². The molecule has 1 aromatic rings. The molecule has 0 aromatic heterocycles. The Morgan fingerprint density at radius 3 is 2.71 bits per heavy atom. The number of halogens is 1. The molecule has 0 saturated carbocycles. The van der Waals surface area contributed by atoms with Gasteiger partial charge in [-0.1, -0.05) is 23.7 Å². The number of rotatable bonds is 6. The lowest BCUT2D eigenvalue weighted by Gasteiger charge is -2.34. The fourth-order valence-electron chi connectivity index (χ4n) is 2.92. The van der Waals surface area contributed by atoms with Crippen LogP contribution in [0.4, 0.5) is 0 Å². The highest BCUT2D eigenvalue weighted by molar-refractivity contribution is 6.30. The van der Waals surface area contributed by atoms with Gasteiger partial charge in [-0.2, -0.15) is 0 Å². The summed E-state index contributed by atoms with van der Waals surface area (Å²) in [6.45, 7) is 4.92. The Morgan fingerprint density at radius 1 is 1.33 bits per heavy atom. The van der Waals surface area contributed by atoms with E-state index in [0.717, 1.165) is 18.4 Å². The number of carbonyl (C=O) groups is 2. The van der Waals surface area contributed by atoms with Crippen molar-refractivity contribution in [3.05, 3.63) is 34.9 Å². The van der Waals surface area contributed by atoms with Gasteiger partial charge in [0, 0.05) is 17.6 Å². The van der Waals surface area contributed by atoms with Crippen LogP contribution in [0.5, 0.6) is 0 Å². The van der Waals surface area contributed by atoms with E-state index in [-0.39, 0.29) is 24.5 Å². The van der Waals surface area contributed by atoms with Crippen LogP contribution in [0.3, 0.4) is 0 Å². The summed E-state index contributed by atoms with van der Waals surface area (Å²) in [5.74, 6) is -0.357. The highest BCUT2D eigenvalue weighted by Crippen LogP contribution is 2.19. The standard InChI is InChI=1S/C18H25ClN2O3/c1-3-24-18(23)16-6-4-5-11-21(16)17(22)12-20-13(2)14-7-9-15(19)10-8-14/h7-10,13,16,20H,3-6,11-12H2,1-2H3. The van der Waals surface area contributed by atoms with Crippen molar-refractivity contribution < 1.29 is 14.3 Å². The molecule has 2 unspecified atom stereocenters. The smallest absolute Gasteiger partial charge is 0.328 e. The number of hydrogen-bond donors (Lipinski definition) is 1. The van der Waals surface area contributed by atoms with Gasteiger partial charge in [0.1, 0.15) is 6.04 Å². The number of hydrogen-bond acceptors (Lipinski definition) is 4. The molecular weight excluding hydrogens is 328 g/mol. The van der Waals surface area contributed by atoms with Crippen molar-refractivity contribution >= 4 is 23.5 Å². The molecule has 2 rings (SSSR count). The maximum Gasteiger partial charge on any atom is 0.328 e. The predicted octanol–water partition coefficient (Wildman–Crippen LogP) is 2.93. The second-order valence-corrected chi connectivity index (χ2v) is 6.44. The van der Waals surface area contributed by atoms with Crippen LogP contribution in [-0.4, -0.2) is 42.5 Å². The third-order valence-electron chi connectivity index (χ3n) is 4.31. The molecule has 1 heterocycles. The van der Waals surface area contributed by atoms with Gasteiger partial charge in [0.05, 0.1) is 13.2 Å². The molecule has 1 aromatic carbocycles. The van der Waals surface area contributed by atoms with E-state index in [9.17, 15) is 9.59 Å². The summed E-state index contributed by atoms with van der Waals surface area (Å²) >= 11 is 5.89. The third-order valence-corrected chi connectivity index (χ3v) is 4.56. The molecule has 132 valence electrons. The first kappa shape index (κ1) is 18.7. The predicted molar refractivity (Wildman–Crippen MR) is 93.9 cm³/mol. The van der Waals surface area contributed by atoms with Crippen molar-refractivity contribution in [3.63, 3.8) is 0 Å². The maximum absolute atomic E-state index is 12.5. The van der Waals surface area contributed by atoms with Crippen LogP contribution in [0.15, 0.2) is 24.3 Å². The van der Waals surface area contributed by atoms with E-state index in [1.807, 2.05) is 31.2 Å². The van der Waals surface area contributed by atoms with Crippen LogP contribution in [0.25, 0.3) is 0 Å². The van der Waals surface area contributed by atoms with Gasteiger partial charge < -0.3 is 15.0 Å². The fraction of sp³-hybridized carbons (Fsp3) is 0.556. The van der Waals surface area contributed by atoms with Crippen LogP contribution in [0.1, 0.15) is 44.7 Å². The molecule has 5 nitrogen and oxygen atoms in total. The average Bonchev–Trinajstić information content (AvgIpc) is 2.60. The van der Waals surface area contributed by atoms with Crippen molar-refractivity contribution in [2.75, 3.05) is 19.7 Å². The van der Waals surface area contributed by atoms with Crippen molar-refractivity contribution in [1.29, 1.82) is 0 Å². The van der Waals surface area contributed by atoms with Crippen molar-refractivity contribution in [2.24, 2.45) is 0 Å². The molecule has 1 amide bonds. The van der Waals surface area contributed by atoms with Gasteiger partial charge in [-0.3, -0.25) is 4.79 Å². The summed E-state index contributed by atoms with van der Waals surface area (Å²) in [5, 5.41) is 3.91. The van der Waals surface area contributed by atoms with Crippen molar-refractivity contribution in [2.45, 2.75) is 45.2 Å². The van der Waals surface area contributed by atoms with Crippen LogP contribution in [0, 0.1) is 0 Å². The number of amides is 1. The minimum absolute atomic E-state index is 0.0250. The number of ether oxygens (including phenoxy) is 1. The summed E-state index contributed by atoms with van der Waals surface area (Å²) in [5.41, 5.74) is 1.06. The zero-order valence-corrected chi connectivity index (χ0v) is 15.0. The van der Waals surface area contributed by atoms with Gasteiger partial charge in [-0.15, -0.1) is 0 Å². The minimum Gasteiger partial charge on any atom is -0.464 e. The number of esters is 1. The molecule has 24 heavy (non-hydrogen) atoms. The highest BCUT2D eigenvalue weighted by Gasteiger charge is 2.32. The molecule has 0 aliphatic carbocycles. The number of benzene rings is 1. The normalized spacial score (nSPS) is 19.0. The van der Waals surface area contributed by atoms with E-state index >= 15 is 0 Å². The van der Waals surface area contributed by atoms with E-state index in [1.54, 1.807) is 11.8 Å². The zero-order valence-electron chi connectivity index (χ0n) is 14.3. The summed E-state index contributed by atoms with van der Waals surface area (Å²) < 4.78 is 5.10. The fourth-order valence-corrected chi connectivity index (χ4v) is 3.05. The third kappa shape index (κ3) is 4.95. The molecular formula is C18H25ClN2O3. The molecule has 0 bridgehead atoms. The lowest BCUT2D eigenvalue weighted by atomic mass is 10.0. The molecule has 6 heteroatoms. The largest absolute Gasteiger partial charge is 0.464 e. The van der Waals surface area contributed by atoms with Crippen molar-refractivity contribution in [1.82, 2.24) is 10.2 Å². The number of carbonyl (C=O) groups excluding carboxylic acids is 2. The Labute approximate surface area is 148 Å². The Hall–Kier alpha value is -1.59. The molecule has 2 atom stereocenters. The summed E-state index contributed by atoms with van der Waals surface area (Å²) in [6.07, 6.45) is 2.55. The van der Waals surface area contributed by atoms with E-state index in [4.69, 9.17) is 16.3 Å². The first-order valence-electron chi connectivity index (χ1n) is 8.48. The second kappa shape index (κ2) is 9.04. The van der Waals surface area contributed by atoms with Crippen LogP contribution < -0.4 is 5.32 Å². The van der Waals surface area contributed by atoms with E-state index in [0.29, 0.717) is 24.6 Å². The van der Waals surface area contributed by atoms with E-state index in [2.05, 4.69) is 5.32 Å². The monoisotopic (exact) mass is 352 g/mol. The first-order valence-corrected chi connectivity index (χ1v) is 8.85. The lowest BCUT2D eigenvalue weighted by molar-refractivity contribution is -0.156. The Kier molecular flexibility index (Phi) is 7.06. The van der Waals surface area contributed by atoms with E-state index < -0.39 is 6.04 Å². The molecule has 1 aliphatic heterocycles. The molecule has 0 radical (unpaired) electrons. The molecule has 1 aliphatic rings. The summed E-state index contributed by atoms with van der Waals surface area (Å²) in [6, 6.07) is 7.12. The van der Waals surface area contributed by atoms with Crippen LogP contribution >= 0.6 is 11.6 Å². The second-order valence-electron chi connectivity index (χ2n) is 6.00.